The smallest absolute Gasteiger partial charge is 0.246 e. The van der Waals surface area contributed by atoms with Crippen LogP contribution in [0, 0.1) is 0 Å². The summed E-state index contributed by atoms with van der Waals surface area (Å²) >= 11 is 0. The Kier molecular flexibility index (Phi) is 6.52. The van der Waals surface area contributed by atoms with Crippen LogP contribution in [-0.4, -0.2) is 58.6 Å². The Morgan fingerprint density at radius 2 is 1.86 bits per heavy atom. The lowest BCUT2D eigenvalue weighted by atomic mass is 10.2. The summed E-state index contributed by atoms with van der Waals surface area (Å²) in [7, 11) is 0. The summed E-state index contributed by atoms with van der Waals surface area (Å²) in [5.74, 6) is -0.367. The van der Waals surface area contributed by atoms with Gasteiger partial charge in [0, 0.05) is 32.3 Å². The maximum Gasteiger partial charge on any atom is 0.246 e. The van der Waals surface area contributed by atoms with E-state index in [4.69, 9.17) is 0 Å². The molecular weight excluding hydrogens is 292 g/mol. The molecule has 21 heavy (non-hydrogen) atoms. The molecule has 0 radical (unpaired) electrons. The van der Waals surface area contributed by atoms with Crippen molar-refractivity contribution in [1.29, 1.82) is 0 Å². The number of carbonyl (C=O) groups excluding carboxylic acids is 1. The molecule has 0 atom stereocenters. The molecule has 1 aromatic carbocycles. The first-order valence-electron chi connectivity index (χ1n) is 6.81. The van der Waals surface area contributed by atoms with Crippen LogP contribution in [0.4, 0.5) is 0 Å². The maximum atomic E-state index is 12.0. The first-order valence-corrected chi connectivity index (χ1v) is 6.81. The topological polar surface area (TPSA) is 64.0 Å². The van der Waals surface area contributed by atoms with Crippen LogP contribution >= 0.6 is 12.4 Å². The molecule has 0 spiro atoms. The molecule has 0 aliphatic carbocycles. The highest BCUT2D eigenvalue weighted by atomic mass is 35.5. The van der Waals surface area contributed by atoms with E-state index in [2.05, 4.69) is 11.8 Å². The lowest BCUT2D eigenvalue weighted by Crippen LogP contribution is -2.48. The maximum absolute atomic E-state index is 12.0. The molecule has 1 aromatic rings. The highest BCUT2D eigenvalue weighted by Gasteiger charge is 2.18. The molecule has 1 aliphatic rings. The van der Waals surface area contributed by atoms with E-state index in [0.717, 1.165) is 32.7 Å². The average molecular weight is 313 g/mol. The number of aromatic hydroxyl groups is 2. The molecule has 1 heterocycles. The highest BCUT2D eigenvalue weighted by molar-refractivity contribution is 5.92. The molecule has 1 fully saturated rings. The van der Waals surface area contributed by atoms with Crippen LogP contribution in [0.25, 0.3) is 6.08 Å². The number of phenols is 2. The Labute approximate surface area is 130 Å². The van der Waals surface area contributed by atoms with Crippen LogP contribution in [-0.2, 0) is 4.79 Å². The van der Waals surface area contributed by atoms with Gasteiger partial charge in [-0.3, -0.25) is 4.79 Å². The van der Waals surface area contributed by atoms with Crippen LogP contribution in [0.15, 0.2) is 24.3 Å². The van der Waals surface area contributed by atoms with E-state index in [0.29, 0.717) is 5.56 Å². The Balaban J connectivity index is 0.00000220. The number of phenolic OH excluding ortho intramolecular Hbond substituents is 2. The first-order chi connectivity index (χ1) is 9.60. The summed E-state index contributed by atoms with van der Waals surface area (Å²) < 4.78 is 0. The van der Waals surface area contributed by atoms with E-state index in [-0.39, 0.29) is 29.8 Å². The van der Waals surface area contributed by atoms with Crippen molar-refractivity contribution in [2.45, 2.75) is 6.92 Å². The third-order valence-electron chi connectivity index (χ3n) is 3.55. The Hall–Kier alpha value is -1.72. The summed E-state index contributed by atoms with van der Waals surface area (Å²) in [6.07, 6.45) is 3.15. The predicted molar refractivity (Wildman–Crippen MR) is 84.7 cm³/mol. The van der Waals surface area contributed by atoms with Crippen molar-refractivity contribution in [1.82, 2.24) is 9.80 Å². The van der Waals surface area contributed by atoms with Crippen molar-refractivity contribution in [3.05, 3.63) is 29.8 Å². The van der Waals surface area contributed by atoms with E-state index >= 15 is 0 Å². The number of rotatable bonds is 3. The lowest BCUT2D eigenvalue weighted by Gasteiger charge is -2.33. The van der Waals surface area contributed by atoms with Crippen molar-refractivity contribution in [2.75, 3.05) is 32.7 Å². The fourth-order valence-corrected chi connectivity index (χ4v) is 2.20. The van der Waals surface area contributed by atoms with Crippen molar-refractivity contribution >= 4 is 24.4 Å². The zero-order valence-electron chi connectivity index (χ0n) is 12.0. The molecule has 0 bridgehead atoms. The fourth-order valence-electron chi connectivity index (χ4n) is 2.20. The zero-order chi connectivity index (χ0) is 14.5. The van der Waals surface area contributed by atoms with Crippen LogP contribution in [0.3, 0.4) is 0 Å². The quantitative estimate of drug-likeness (QED) is 0.658. The van der Waals surface area contributed by atoms with Gasteiger partial charge in [0.2, 0.25) is 5.91 Å². The summed E-state index contributed by atoms with van der Waals surface area (Å²) in [6.45, 7) is 6.46. The van der Waals surface area contributed by atoms with Gasteiger partial charge in [-0.25, -0.2) is 0 Å². The number of halogens is 1. The number of amides is 1. The molecule has 2 rings (SSSR count). The number of likely N-dealkylation sites (N-methyl/N-ethyl adjacent to an activating group) is 1. The largest absolute Gasteiger partial charge is 0.504 e. The fraction of sp³-hybridized carbons (Fsp3) is 0.400. The number of piperazine rings is 1. The van der Waals surface area contributed by atoms with Crippen molar-refractivity contribution in [2.24, 2.45) is 0 Å². The van der Waals surface area contributed by atoms with E-state index < -0.39 is 0 Å². The molecular formula is C15H21ClN2O3. The zero-order valence-corrected chi connectivity index (χ0v) is 12.8. The summed E-state index contributed by atoms with van der Waals surface area (Å²) in [4.78, 5) is 16.2. The molecule has 1 amide bonds. The Bertz CT molecular complexity index is 512. The minimum Gasteiger partial charge on any atom is -0.504 e. The van der Waals surface area contributed by atoms with Crippen molar-refractivity contribution in [3.63, 3.8) is 0 Å². The molecule has 6 heteroatoms. The minimum absolute atomic E-state index is 0. The van der Waals surface area contributed by atoms with Crippen LogP contribution < -0.4 is 0 Å². The first kappa shape index (κ1) is 17.3. The highest BCUT2D eigenvalue weighted by Crippen LogP contribution is 2.25. The second-order valence-electron chi connectivity index (χ2n) is 4.84. The molecule has 0 unspecified atom stereocenters. The van der Waals surface area contributed by atoms with E-state index in [1.54, 1.807) is 12.1 Å². The van der Waals surface area contributed by atoms with Crippen LogP contribution in [0.1, 0.15) is 12.5 Å². The summed E-state index contributed by atoms with van der Waals surface area (Å²) in [5, 5.41) is 18.6. The lowest BCUT2D eigenvalue weighted by molar-refractivity contribution is -0.127. The van der Waals surface area contributed by atoms with Gasteiger partial charge in [0.15, 0.2) is 11.5 Å². The molecule has 1 saturated heterocycles. The number of nitrogens with zero attached hydrogens (tertiary/aromatic N) is 2. The van der Waals surface area contributed by atoms with Gasteiger partial charge in [-0.1, -0.05) is 13.0 Å². The molecule has 0 saturated carbocycles. The average Bonchev–Trinajstić information content (AvgIpc) is 2.48. The standard InChI is InChI=1S/C15H20N2O3.ClH/c1-2-16-7-9-17(10-8-16)15(20)6-4-12-3-5-13(18)14(19)11-12;/h3-6,11,18-19H,2,7-10H2,1H3;1H/b6-4+;. The van der Waals surface area contributed by atoms with E-state index in [1.165, 1.54) is 18.2 Å². The normalized spacial score (nSPS) is 16.0. The number of hydrogen-bond acceptors (Lipinski definition) is 4. The van der Waals surface area contributed by atoms with Gasteiger partial charge in [0.1, 0.15) is 0 Å². The number of hydrogen-bond donors (Lipinski definition) is 2. The summed E-state index contributed by atoms with van der Waals surface area (Å²) in [6, 6.07) is 4.47. The molecule has 2 N–H and O–H groups in total. The third kappa shape index (κ3) is 4.65. The van der Waals surface area contributed by atoms with Gasteiger partial charge in [-0.15, -0.1) is 12.4 Å². The summed E-state index contributed by atoms with van der Waals surface area (Å²) in [5.41, 5.74) is 0.681. The van der Waals surface area contributed by atoms with E-state index in [1.807, 2.05) is 4.90 Å². The minimum atomic E-state index is -0.184. The third-order valence-corrected chi connectivity index (χ3v) is 3.55. The Morgan fingerprint density at radius 1 is 1.19 bits per heavy atom. The SMILES string of the molecule is CCN1CCN(C(=O)/C=C/c2ccc(O)c(O)c2)CC1.Cl. The van der Waals surface area contributed by atoms with Crippen molar-refractivity contribution in [3.8, 4) is 11.5 Å². The van der Waals surface area contributed by atoms with Crippen LogP contribution in [0.5, 0.6) is 11.5 Å². The van der Waals surface area contributed by atoms with Gasteiger partial charge >= 0.3 is 0 Å². The van der Waals surface area contributed by atoms with Gasteiger partial charge in [0.25, 0.3) is 0 Å². The second kappa shape index (κ2) is 7.90. The second-order valence-corrected chi connectivity index (χ2v) is 4.84. The number of benzene rings is 1. The predicted octanol–water partition coefficient (Wildman–Crippen LogP) is 1.70. The van der Waals surface area contributed by atoms with Gasteiger partial charge < -0.3 is 20.0 Å². The monoisotopic (exact) mass is 312 g/mol. The van der Waals surface area contributed by atoms with Gasteiger partial charge in [-0.05, 0) is 30.3 Å². The van der Waals surface area contributed by atoms with E-state index in [9.17, 15) is 15.0 Å². The number of carbonyl (C=O) groups is 1. The molecule has 0 aromatic heterocycles. The van der Waals surface area contributed by atoms with Crippen molar-refractivity contribution < 1.29 is 15.0 Å². The van der Waals surface area contributed by atoms with Crippen LogP contribution in [0.2, 0.25) is 0 Å². The van der Waals surface area contributed by atoms with Gasteiger partial charge in [-0.2, -0.15) is 0 Å². The van der Waals surface area contributed by atoms with Gasteiger partial charge in [0.05, 0.1) is 0 Å². The molecule has 5 nitrogen and oxygen atoms in total. The molecule has 116 valence electrons. The Morgan fingerprint density at radius 3 is 2.43 bits per heavy atom. The molecule has 1 aliphatic heterocycles.